The number of fused-ring (bicyclic) bond motifs is 1. The summed E-state index contributed by atoms with van der Waals surface area (Å²) in [6.45, 7) is 1.83. The molecule has 0 radical (unpaired) electrons. The molecule has 2 N–H and O–H groups in total. The Balaban J connectivity index is 1.61. The van der Waals surface area contributed by atoms with Crippen LogP contribution in [0.15, 0.2) is 59.0 Å². The van der Waals surface area contributed by atoms with Crippen LogP contribution in [0.3, 0.4) is 0 Å². The summed E-state index contributed by atoms with van der Waals surface area (Å²) in [7, 11) is 0. The molecule has 0 unspecified atom stereocenters. The first-order valence-electron chi connectivity index (χ1n) is 8.41. The fraction of sp³-hybridized carbons (Fsp3) is 0.143. The number of carbonyl (C=O) groups is 2. The van der Waals surface area contributed by atoms with E-state index in [4.69, 9.17) is 16.0 Å². The number of aryl methyl sites for hydroxylation is 1. The fourth-order valence-corrected chi connectivity index (χ4v) is 3.40. The molecule has 0 saturated heterocycles. The van der Waals surface area contributed by atoms with Crippen molar-refractivity contribution in [3.8, 4) is 11.3 Å². The summed E-state index contributed by atoms with van der Waals surface area (Å²) in [6, 6.07) is 15.5. The number of Topliss-reactive ketones (excluding diaryl/α,β-unsaturated/α-hetero) is 1. The number of hydrogen-bond acceptors (Lipinski definition) is 4. The molecular formula is C21H16ClNO4. The van der Waals surface area contributed by atoms with Crippen molar-refractivity contribution in [2.75, 3.05) is 5.32 Å². The second-order valence-electron chi connectivity index (χ2n) is 6.58. The molecule has 1 aliphatic heterocycles. The lowest BCUT2D eigenvalue weighted by Crippen LogP contribution is -2.36. The first kappa shape index (κ1) is 17.5. The second-order valence-corrected chi connectivity index (χ2v) is 7.02. The third kappa shape index (κ3) is 2.95. The number of nitrogens with one attached hydrogen (secondary N) is 1. The van der Waals surface area contributed by atoms with E-state index in [9.17, 15) is 14.7 Å². The van der Waals surface area contributed by atoms with Gasteiger partial charge in [0.2, 0.25) is 5.78 Å². The van der Waals surface area contributed by atoms with Crippen LogP contribution in [-0.2, 0) is 10.4 Å². The van der Waals surface area contributed by atoms with Gasteiger partial charge in [-0.05, 0) is 48.9 Å². The Bertz CT molecular complexity index is 1050. The molecule has 2 aromatic carbocycles. The average molecular weight is 382 g/mol. The Morgan fingerprint density at radius 3 is 2.63 bits per heavy atom. The van der Waals surface area contributed by atoms with Crippen LogP contribution in [0.1, 0.15) is 28.1 Å². The van der Waals surface area contributed by atoms with E-state index in [0.717, 1.165) is 11.1 Å². The Hall–Kier alpha value is -2.89. The van der Waals surface area contributed by atoms with Gasteiger partial charge in [0.1, 0.15) is 5.76 Å². The Morgan fingerprint density at radius 2 is 1.89 bits per heavy atom. The van der Waals surface area contributed by atoms with Crippen LogP contribution < -0.4 is 5.32 Å². The maximum atomic E-state index is 12.7. The van der Waals surface area contributed by atoms with E-state index in [-0.39, 0.29) is 5.76 Å². The topological polar surface area (TPSA) is 79.5 Å². The maximum absolute atomic E-state index is 12.7. The molecule has 0 saturated carbocycles. The molecule has 1 aliphatic rings. The zero-order valence-electron chi connectivity index (χ0n) is 14.5. The molecule has 4 rings (SSSR count). The average Bonchev–Trinajstić information content (AvgIpc) is 3.22. The van der Waals surface area contributed by atoms with Crippen LogP contribution >= 0.6 is 11.6 Å². The number of anilines is 1. The normalized spacial score (nSPS) is 18.3. The van der Waals surface area contributed by atoms with Gasteiger partial charge in [-0.25, -0.2) is 0 Å². The molecule has 27 heavy (non-hydrogen) atoms. The molecule has 1 amide bonds. The van der Waals surface area contributed by atoms with E-state index in [1.807, 2.05) is 13.0 Å². The Kier molecular flexibility index (Phi) is 4.13. The van der Waals surface area contributed by atoms with Gasteiger partial charge in [0.25, 0.3) is 5.91 Å². The third-order valence-corrected chi connectivity index (χ3v) is 5.01. The molecule has 3 aromatic rings. The Morgan fingerprint density at radius 1 is 1.15 bits per heavy atom. The highest BCUT2D eigenvalue weighted by molar-refractivity contribution is 6.30. The molecule has 0 bridgehead atoms. The van der Waals surface area contributed by atoms with E-state index in [2.05, 4.69) is 5.32 Å². The maximum Gasteiger partial charge on any atom is 0.261 e. The van der Waals surface area contributed by atoms with Crippen LogP contribution in [0.4, 0.5) is 5.69 Å². The summed E-state index contributed by atoms with van der Waals surface area (Å²) < 4.78 is 5.64. The largest absolute Gasteiger partial charge is 0.453 e. The predicted molar refractivity (Wildman–Crippen MR) is 102 cm³/mol. The molecule has 0 aliphatic carbocycles. The number of rotatable bonds is 4. The highest BCUT2D eigenvalue weighted by atomic mass is 35.5. The zero-order chi connectivity index (χ0) is 19.2. The number of halogens is 1. The van der Waals surface area contributed by atoms with Crippen LogP contribution in [0, 0.1) is 6.92 Å². The summed E-state index contributed by atoms with van der Waals surface area (Å²) in [4.78, 5) is 25.1. The van der Waals surface area contributed by atoms with Crippen LogP contribution in [0.25, 0.3) is 11.3 Å². The lowest BCUT2D eigenvalue weighted by Gasteiger charge is -2.19. The van der Waals surface area contributed by atoms with E-state index in [1.54, 1.807) is 48.5 Å². The van der Waals surface area contributed by atoms with E-state index < -0.39 is 23.7 Å². The molecule has 136 valence electrons. The van der Waals surface area contributed by atoms with Gasteiger partial charge < -0.3 is 14.8 Å². The van der Waals surface area contributed by atoms with Gasteiger partial charge in [-0.1, -0.05) is 29.8 Å². The summed E-state index contributed by atoms with van der Waals surface area (Å²) in [5, 5.41) is 14.2. The van der Waals surface area contributed by atoms with Gasteiger partial charge in [0.05, 0.1) is 12.1 Å². The first-order chi connectivity index (χ1) is 12.9. The lowest BCUT2D eigenvalue weighted by molar-refractivity contribution is -0.133. The molecular weight excluding hydrogens is 366 g/mol. The van der Waals surface area contributed by atoms with Crippen molar-refractivity contribution in [1.82, 2.24) is 0 Å². The summed E-state index contributed by atoms with van der Waals surface area (Å²) in [5.41, 5.74) is 0.652. The predicted octanol–water partition coefficient (Wildman–Crippen LogP) is 4.32. The van der Waals surface area contributed by atoms with Crippen molar-refractivity contribution in [1.29, 1.82) is 0 Å². The number of furan rings is 1. The van der Waals surface area contributed by atoms with Gasteiger partial charge in [-0.3, -0.25) is 9.59 Å². The molecule has 1 aromatic heterocycles. The van der Waals surface area contributed by atoms with E-state index >= 15 is 0 Å². The minimum absolute atomic E-state index is 0.0854. The third-order valence-electron chi connectivity index (χ3n) is 4.76. The highest BCUT2D eigenvalue weighted by Crippen LogP contribution is 2.40. The number of aliphatic hydroxyl groups is 1. The van der Waals surface area contributed by atoms with Gasteiger partial charge in [0.15, 0.2) is 11.4 Å². The standard InChI is InChI=1S/C21H16ClNO4/c1-12-3-2-4-15-19(12)23-20(25)21(15,26)11-16(24)18-10-9-17(27-18)13-5-7-14(22)8-6-13/h2-10,26H,11H2,1H3,(H,23,25)/t21-/m0/s1. The number of para-hydroxylation sites is 1. The summed E-state index contributed by atoms with van der Waals surface area (Å²) >= 11 is 5.88. The first-order valence-corrected chi connectivity index (χ1v) is 8.79. The summed E-state index contributed by atoms with van der Waals surface area (Å²) in [6.07, 6.45) is -0.400. The van der Waals surface area contributed by atoms with Crippen molar-refractivity contribution in [3.05, 3.63) is 76.5 Å². The van der Waals surface area contributed by atoms with Crippen molar-refractivity contribution in [2.24, 2.45) is 0 Å². The number of benzene rings is 2. The zero-order valence-corrected chi connectivity index (χ0v) is 15.2. The molecule has 0 spiro atoms. The van der Waals surface area contributed by atoms with Crippen LogP contribution in [0.5, 0.6) is 0 Å². The minimum atomic E-state index is -1.91. The number of ketones is 1. The summed E-state index contributed by atoms with van der Waals surface area (Å²) in [5.74, 6) is -0.469. The van der Waals surface area contributed by atoms with E-state index in [0.29, 0.717) is 22.0 Å². The van der Waals surface area contributed by atoms with Gasteiger partial charge in [-0.15, -0.1) is 0 Å². The Labute approximate surface area is 160 Å². The molecule has 0 fully saturated rings. The van der Waals surface area contributed by atoms with Gasteiger partial charge in [0, 0.05) is 16.1 Å². The van der Waals surface area contributed by atoms with Crippen molar-refractivity contribution >= 4 is 29.0 Å². The lowest BCUT2D eigenvalue weighted by atomic mass is 9.88. The van der Waals surface area contributed by atoms with Crippen LogP contribution in [-0.4, -0.2) is 16.8 Å². The van der Waals surface area contributed by atoms with Crippen LogP contribution in [0.2, 0.25) is 5.02 Å². The highest BCUT2D eigenvalue weighted by Gasteiger charge is 2.47. The van der Waals surface area contributed by atoms with Gasteiger partial charge >= 0.3 is 0 Å². The monoisotopic (exact) mass is 381 g/mol. The number of hydrogen-bond donors (Lipinski definition) is 2. The smallest absolute Gasteiger partial charge is 0.261 e. The second kappa shape index (κ2) is 6.37. The molecule has 5 nitrogen and oxygen atoms in total. The van der Waals surface area contributed by atoms with Crippen molar-refractivity contribution in [2.45, 2.75) is 18.9 Å². The van der Waals surface area contributed by atoms with Crippen molar-refractivity contribution < 1.29 is 19.1 Å². The molecule has 1 atom stereocenters. The quantitative estimate of drug-likeness (QED) is 0.659. The number of amides is 1. The number of carbonyl (C=O) groups excluding carboxylic acids is 2. The van der Waals surface area contributed by atoms with Crippen molar-refractivity contribution in [3.63, 3.8) is 0 Å². The minimum Gasteiger partial charge on any atom is -0.453 e. The fourth-order valence-electron chi connectivity index (χ4n) is 3.27. The molecule has 2 heterocycles. The van der Waals surface area contributed by atoms with E-state index in [1.165, 1.54) is 0 Å². The van der Waals surface area contributed by atoms with Gasteiger partial charge in [-0.2, -0.15) is 0 Å². The molecule has 6 heteroatoms. The SMILES string of the molecule is Cc1cccc2c1NC(=O)[C@]2(O)CC(=O)c1ccc(-c2ccc(Cl)cc2)o1.